The summed E-state index contributed by atoms with van der Waals surface area (Å²) < 4.78 is 26.2. The fourth-order valence-corrected chi connectivity index (χ4v) is 23.7. The summed E-state index contributed by atoms with van der Waals surface area (Å²) in [6, 6.07) is 56.3. The lowest BCUT2D eigenvalue weighted by Gasteiger charge is -2.38. The highest BCUT2D eigenvalue weighted by atomic mass is 28.4. The number of carbonyl (C=O) groups excluding carboxylic acids is 2. The normalized spacial score (nSPS) is 18.1. The van der Waals surface area contributed by atoms with Crippen molar-refractivity contribution in [1.29, 1.82) is 0 Å². The molecule has 5 aliphatic carbocycles. The Morgan fingerprint density at radius 2 is 0.669 bits per heavy atom. The van der Waals surface area contributed by atoms with Gasteiger partial charge in [0.15, 0.2) is 16.6 Å². The van der Waals surface area contributed by atoms with Crippen LogP contribution in [0.4, 0.5) is 0 Å². The zero-order valence-corrected chi connectivity index (χ0v) is 87.7. The van der Waals surface area contributed by atoms with E-state index in [9.17, 15) is 14.7 Å². The van der Waals surface area contributed by atoms with Crippen molar-refractivity contribution in [2.45, 2.75) is 267 Å². The molecule has 139 heavy (non-hydrogen) atoms. The molecule has 25 nitrogen and oxygen atoms in total. The number of aromatic nitrogens is 16. The first-order chi connectivity index (χ1) is 65.7. The Hall–Kier alpha value is -12.1. The number of hydrogen-bond donors (Lipinski definition) is 2. The maximum Gasteiger partial charge on any atom is 0.495 e. The van der Waals surface area contributed by atoms with Crippen molar-refractivity contribution in [2.75, 3.05) is 0 Å². The maximum absolute atomic E-state index is 13.1. The minimum atomic E-state index is -1.82. The third-order valence-corrected chi connectivity index (χ3v) is 39.6. The van der Waals surface area contributed by atoms with Crippen LogP contribution in [0, 0.1) is 55.4 Å². The van der Waals surface area contributed by atoms with Crippen LogP contribution in [0.2, 0.25) is 36.3 Å². The summed E-state index contributed by atoms with van der Waals surface area (Å²) in [4.78, 5) is 33.6. The standard InChI is InChI=1S/C27H23N5O2.C25H34N4OSi.C21H35BO3Si.C19H21N5.C19H20N4O/c1-15-13-17(25-28-30-31(3)29-25)14-16(2)24(15)20-10-6-9-19-18(20)11-12-23(19)32-26(33)21-7-4-5-8-22(21)27(32)34;1-16-14-18(24-26-28-29(6)27-24)15-17(2)23(16)21-11-9-10-20-19(21)12-13-22(20)30-31(7,8)25(3,4)5;1-19(2,3)26(8,9)23-18-14-13-15-16(18)11-10-12-17(15)22-24-20(4,5)21(6,7)25-22;1-11-9-13(19-21-23-24(3)22-19)10-12(2)18(11)16-6-4-5-15-14(16)7-8-17(15)20;1-11-9-13(19-20-22-23(3)21-19)10-12(2)18(11)16-6-4-5-15-14(16)7-8-17(15)24/h4-10,13-14,23H,11-12H2,1-3H3;9-11,14-15,22H,12-13H2,1-8H3;10-12,18H,13-14H2,1-9H3;4-6,9-10,17H,7-8,20H2,1-3H3;4-6,9-10,17,24H,7-8H2,1-3H3/t23-;22-;18-;2*17-/m10010/s1. The molecule has 28 heteroatoms. The maximum atomic E-state index is 13.1. The van der Waals surface area contributed by atoms with Crippen LogP contribution in [-0.2, 0) is 78.5 Å². The molecule has 4 aromatic heterocycles. The Labute approximate surface area is 820 Å². The number of carbonyl (C=O) groups is 2. The number of benzene rings is 10. The molecule has 7 aliphatic rings. The Balaban J connectivity index is 0.000000121. The van der Waals surface area contributed by atoms with Gasteiger partial charge in [-0.25, -0.2) is 0 Å². The van der Waals surface area contributed by atoms with E-state index in [1.165, 1.54) is 146 Å². The first-order valence-electron chi connectivity index (χ1n) is 48.9. The topological polar surface area (TPSA) is 295 Å². The summed E-state index contributed by atoms with van der Waals surface area (Å²) in [5.74, 6) is 2.18. The van der Waals surface area contributed by atoms with Crippen molar-refractivity contribution in [1.82, 2.24) is 85.7 Å². The first-order valence-corrected chi connectivity index (χ1v) is 54.7. The number of hydrogen-bond acceptors (Lipinski definition) is 20. The predicted molar refractivity (Wildman–Crippen MR) is 554 cm³/mol. The second kappa shape index (κ2) is 38.1. The van der Waals surface area contributed by atoms with Gasteiger partial charge < -0.3 is 29.0 Å². The molecule has 6 heterocycles. The molecule has 1 saturated heterocycles. The largest absolute Gasteiger partial charge is 0.495 e. The van der Waals surface area contributed by atoms with Gasteiger partial charge in [-0.05, 0) is 415 Å². The first kappa shape index (κ1) is 98.5. The smallest absolute Gasteiger partial charge is 0.410 e. The summed E-state index contributed by atoms with van der Waals surface area (Å²) in [6.45, 7) is 48.7. The average molecular weight is 1900 g/mol. The lowest BCUT2D eigenvalue weighted by atomic mass is 9.75. The number of aliphatic hydroxyl groups excluding tert-OH is 1. The van der Waals surface area contributed by atoms with Crippen molar-refractivity contribution in [2.24, 2.45) is 33.9 Å². The molecule has 720 valence electrons. The zero-order valence-electron chi connectivity index (χ0n) is 85.7. The molecule has 0 saturated carbocycles. The minimum absolute atomic E-state index is 0.170. The van der Waals surface area contributed by atoms with Crippen LogP contribution in [0.3, 0.4) is 0 Å². The van der Waals surface area contributed by atoms with Crippen LogP contribution in [0.5, 0.6) is 0 Å². The van der Waals surface area contributed by atoms with E-state index in [-0.39, 0.29) is 70.6 Å². The van der Waals surface area contributed by atoms with Gasteiger partial charge >= 0.3 is 7.12 Å². The Morgan fingerprint density at radius 1 is 0.381 bits per heavy atom. The number of aliphatic hydroxyl groups is 1. The number of nitrogens with zero attached hydrogens (tertiary/aromatic N) is 17. The number of tetrazole rings is 4. The molecule has 0 unspecified atom stereocenters. The molecule has 21 rings (SSSR count). The van der Waals surface area contributed by atoms with E-state index in [1.807, 2.05) is 18.2 Å². The van der Waals surface area contributed by atoms with E-state index in [4.69, 9.17) is 23.9 Å². The summed E-state index contributed by atoms with van der Waals surface area (Å²) in [7, 11) is 3.18. The Bertz CT molecular complexity index is 6800. The van der Waals surface area contributed by atoms with Crippen molar-refractivity contribution in [3.05, 3.63) is 275 Å². The molecule has 0 spiro atoms. The number of fused-ring (bicyclic) bond motifs is 6. The zero-order chi connectivity index (χ0) is 99.3. The van der Waals surface area contributed by atoms with Gasteiger partial charge in [0.05, 0.1) is 74.9 Å². The minimum Gasteiger partial charge on any atom is -0.410 e. The molecule has 3 N–H and O–H groups in total. The predicted octanol–water partition coefficient (Wildman–Crippen LogP) is 21.9. The summed E-state index contributed by atoms with van der Waals surface area (Å²) in [5.41, 5.74) is 44.2. The van der Waals surface area contributed by atoms with Crippen molar-refractivity contribution in [3.63, 3.8) is 0 Å². The third-order valence-electron chi connectivity index (χ3n) is 30.7. The van der Waals surface area contributed by atoms with Gasteiger partial charge in [-0.1, -0.05) is 145 Å². The van der Waals surface area contributed by atoms with Gasteiger partial charge in [0.1, 0.15) is 0 Å². The fourth-order valence-electron chi connectivity index (χ4n) is 21.1. The highest BCUT2D eigenvalue weighted by Gasteiger charge is 2.54. The fraction of sp³-hybridized carbons (Fsp3) is 0.405. The van der Waals surface area contributed by atoms with Gasteiger partial charge in [-0.2, -0.15) is 19.2 Å². The molecule has 2 amide bonds. The molecule has 0 radical (unpaired) electrons. The number of rotatable bonds is 14. The van der Waals surface area contributed by atoms with Gasteiger partial charge in [0.2, 0.25) is 23.3 Å². The van der Waals surface area contributed by atoms with E-state index < -0.39 is 16.6 Å². The van der Waals surface area contributed by atoms with Crippen LogP contribution < -0.4 is 11.2 Å². The third kappa shape index (κ3) is 19.2. The van der Waals surface area contributed by atoms with E-state index in [0.717, 1.165) is 114 Å². The quantitative estimate of drug-likeness (QED) is 0.0755. The van der Waals surface area contributed by atoms with Crippen LogP contribution in [0.15, 0.2) is 164 Å². The molecular formula is C111H133BN18O7Si2. The molecule has 14 aromatic rings. The molecule has 5 atom stereocenters. The second-order valence-electron chi connectivity index (χ2n) is 42.9. The highest BCUT2D eigenvalue weighted by molar-refractivity contribution is 6.74. The SMILES string of the molecule is CC1(C)OB(c2cccc3c2CC[C@@H]3O[Si](C)(C)C(C)(C)C)OC1(C)C.Cc1cc(-c2nnn(C)n2)cc(C)c1-c1cccc2c1CC[C@@H]2O.Cc1cc(-c2nnn(C)n2)cc(C)c1-c1cccc2c1CC[C@@H]2O[Si](C)(C)C(C)(C)C.Cc1cc(-c2nnn(C)n2)cc(C)c1-c1cccc2c1CC[C@H]2N.Cc1cc(-c2nnn(C)n2)cc(C)c1-c1cccc2c1CC[C@H]2N1C(=O)c2ccccc2C1=O. The molecule has 0 bridgehead atoms. The Kier molecular flexibility index (Phi) is 27.0. The molecule has 10 aromatic carbocycles. The van der Waals surface area contributed by atoms with E-state index in [1.54, 1.807) is 52.5 Å². The van der Waals surface area contributed by atoms with E-state index in [2.05, 4.69) is 334 Å². The van der Waals surface area contributed by atoms with Gasteiger partial charge in [0.25, 0.3) is 11.8 Å². The van der Waals surface area contributed by atoms with Crippen molar-refractivity contribution >= 4 is 41.0 Å². The average Bonchev–Trinajstić information content (AvgIpc) is 1.60. The molecule has 1 fully saturated rings. The van der Waals surface area contributed by atoms with Crippen LogP contribution in [0.25, 0.3) is 90.1 Å². The number of imide groups is 1. The van der Waals surface area contributed by atoms with E-state index >= 15 is 0 Å². The molecular weight excluding hydrogens is 1760 g/mol. The number of amides is 2. The van der Waals surface area contributed by atoms with Gasteiger partial charge in [-0.3, -0.25) is 14.5 Å². The monoisotopic (exact) mass is 1900 g/mol. The molecule has 2 aliphatic heterocycles. The number of aryl methyl sites for hydroxylation is 12. The van der Waals surface area contributed by atoms with Crippen LogP contribution in [-0.4, -0.2) is 138 Å². The van der Waals surface area contributed by atoms with Crippen molar-refractivity contribution in [3.8, 4) is 90.1 Å². The summed E-state index contributed by atoms with van der Waals surface area (Å²) in [5, 5.41) is 60.2. The highest BCUT2D eigenvalue weighted by Crippen LogP contribution is 2.52. The lowest BCUT2D eigenvalue weighted by Crippen LogP contribution is -2.41. The van der Waals surface area contributed by atoms with Crippen LogP contribution in [0.1, 0.15) is 253 Å². The second-order valence-corrected chi connectivity index (χ2v) is 52.5. The van der Waals surface area contributed by atoms with Crippen molar-refractivity contribution < 1.29 is 32.9 Å². The van der Waals surface area contributed by atoms with E-state index in [0.29, 0.717) is 34.4 Å². The van der Waals surface area contributed by atoms with Gasteiger partial charge in [0, 0.05) is 28.3 Å². The Morgan fingerprint density at radius 3 is 1.03 bits per heavy atom. The van der Waals surface area contributed by atoms with Crippen LogP contribution >= 0.6 is 0 Å². The summed E-state index contributed by atoms with van der Waals surface area (Å²) in [6.07, 6.45) is 9.68. The van der Waals surface area contributed by atoms with Gasteiger partial charge in [-0.15, -0.1) is 40.8 Å². The lowest BCUT2D eigenvalue weighted by molar-refractivity contribution is 0.00578. The number of nitrogens with two attached hydrogens (primary N) is 1. The summed E-state index contributed by atoms with van der Waals surface area (Å²) >= 11 is 0.